The molecule has 0 bridgehead atoms. The molecule has 0 amide bonds. The predicted octanol–water partition coefficient (Wildman–Crippen LogP) is 4.23. The second kappa shape index (κ2) is 4.25. The summed E-state index contributed by atoms with van der Waals surface area (Å²) in [7, 11) is 0. The van der Waals surface area contributed by atoms with E-state index >= 15 is 0 Å². The molecule has 0 unspecified atom stereocenters. The fraction of sp³-hybridized carbons (Fsp3) is 0.571. The van der Waals surface area contributed by atoms with Crippen molar-refractivity contribution in [2.75, 3.05) is 0 Å². The molecular weight excluding hydrogens is 237 g/mol. The second-order valence-corrected chi connectivity index (χ2v) is 5.73. The van der Waals surface area contributed by atoms with E-state index in [1.807, 2.05) is 0 Å². The Morgan fingerprint density at radius 1 is 1.29 bits per heavy atom. The van der Waals surface area contributed by atoms with Crippen molar-refractivity contribution in [2.24, 2.45) is 11.1 Å². The lowest BCUT2D eigenvalue weighted by Gasteiger charge is -2.54. The van der Waals surface area contributed by atoms with Crippen LogP contribution in [0.2, 0.25) is 5.02 Å². The Morgan fingerprint density at radius 2 is 1.88 bits per heavy atom. The number of rotatable bonds is 3. The van der Waals surface area contributed by atoms with E-state index in [0.29, 0.717) is 11.0 Å². The zero-order chi connectivity index (χ0) is 12.7. The maximum absolute atomic E-state index is 14.0. The summed E-state index contributed by atoms with van der Waals surface area (Å²) in [6, 6.07) is 5.10. The van der Waals surface area contributed by atoms with Gasteiger partial charge in [-0.1, -0.05) is 50.4 Å². The summed E-state index contributed by atoms with van der Waals surface area (Å²) in [5.41, 5.74) is 6.66. The number of nitrogens with two attached hydrogens (primary N) is 1. The summed E-state index contributed by atoms with van der Waals surface area (Å²) < 4.78 is 14.0. The van der Waals surface area contributed by atoms with Crippen molar-refractivity contribution >= 4 is 11.6 Å². The first-order chi connectivity index (χ1) is 7.96. The number of halogens is 2. The minimum atomic E-state index is -0.527. The van der Waals surface area contributed by atoms with Gasteiger partial charge in [0.2, 0.25) is 0 Å². The third-order valence-corrected chi connectivity index (χ3v) is 4.66. The lowest BCUT2D eigenvalue weighted by molar-refractivity contribution is 0.0145. The third-order valence-electron chi connectivity index (χ3n) is 4.37. The van der Waals surface area contributed by atoms with Crippen LogP contribution in [0.25, 0.3) is 0 Å². The first-order valence-corrected chi connectivity index (χ1v) is 6.57. The van der Waals surface area contributed by atoms with Crippen molar-refractivity contribution in [3.05, 3.63) is 34.6 Å². The molecule has 0 atom stereocenters. The van der Waals surface area contributed by atoms with Crippen LogP contribution in [0.3, 0.4) is 0 Å². The van der Waals surface area contributed by atoms with E-state index in [-0.39, 0.29) is 10.8 Å². The Morgan fingerprint density at radius 3 is 2.41 bits per heavy atom. The Balaban J connectivity index is 2.28. The molecule has 0 aliphatic heterocycles. The highest BCUT2D eigenvalue weighted by molar-refractivity contribution is 6.30. The molecule has 1 aromatic rings. The molecule has 0 radical (unpaired) electrons. The van der Waals surface area contributed by atoms with Crippen molar-refractivity contribution in [1.82, 2.24) is 0 Å². The van der Waals surface area contributed by atoms with Crippen LogP contribution >= 0.6 is 11.6 Å². The van der Waals surface area contributed by atoms with Crippen LogP contribution in [-0.2, 0) is 5.54 Å². The van der Waals surface area contributed by atoms with Gasteiger partial charge in [0.15, 0.2) is 0 Å². The van der Waals surface area contributed by atoms with Crippen molar-refractivity contribution in [3.63, 3.8) is 0 Å². The Kier molecular flexibility index (Phi) is 3.21. The summed E-state index contributed by atoms with van der Waals surface area (Å²) >= 11 is 5.81. The molecule has 2 rings (SSSR count). The van der Waals surface area contributed by atoms with Crippen LogP contribution in [0.15, 0.2) is 18.2 Å². The van der Waals surface area contributed by atoms with Crippen molar-refractivity contribution in [1.29, 1.82) is 0 Å². The smallest absolute Gasteiger partial charge is 0.146 e. The van der Waals surface area contributed by atoms with Gasteiger partial charge in [-0.25, -0.2) is 4.39 Å². The van der Waals surface area contributed by atoms with E-state index in [0.717, 1.165) is 25.7 Å². The molecule has 0 aromatic heterocycles. The molecule has 1 aromatic carbocycles. The topological polar surface area (TPSA) is 26.0 Å². The van der Waals surface area contributed by atoms with Gasteiger partial charge in [-0.15, -0.1) is 0 Å². The summed E-state index contributed by atoms with van der Waals surface area (Å²) in [5, 5.41) is 0.165. The largest absolute Gasteiger partial charge is 0.321 e. The molecule has 1 aliphatic carbocycles. The Hall–Kier alpha value is -0.600. The number of hydrogen-bond acceptors (Lipinski definition) is 1. The molecule has 0 saturated heterocycles. The van der Waals surface area contributed by atoms with Gasteiger partial charge >= 0.3 is 0 Å². The number of hydrogen-bond donors (Lipinski definition) is 1. The van der Waals surface area contributed by atoms with Crippen molar-refractivity contribution in [3.8, 4) is 0 Å². The molecule has 17 heavy (non-hydrogen) atoms. The first-order valence-electron chi connectivity index (χ1n) is 6.20. The van der Waals surface area contributed by atoms with E-state index in [2.05, 4.69) is 13.8 Å². The van der Waals surface area contributed by atoms with Gasteiger partial charge in [-0.05, 0) is 24.3 Å². The lowest BCUT2D eigenvalue weighted by atomic mass is 9.53. The van der Waals surface area contributed by atoms with Crippen LogP contribution in [0.4, 0.5) is 4.39 Å². The molecule has 1 nitrogen and oxygen atoms in total. The average Bonchev–Trinajstić information content (AvgIpc) is 2.28. The fourth-order valence-electron chi connectivity index (χ4n) is 3.12. The van der Waals surface area contributed by atoms with Crippen LogP contribution in [0.5, 0.6) is 0 Å². The van der Waals surface area contributed by atoms with Crippen molar-refractivity contribution < 1.29 is 4.39 Å². The van der Waals surface area contributed by atoms with Crippen LogP contribution in [-0.4, -0.2) is 0 Å². The average molecular weight is 256 g/mol. The molecule has 0 heterocycles. The summed E-state index contributed by atoms with van der Waals surface area (Å²) in [6.07, 6.45) is 3.91. The highest BCUT2D eigenvalue weighted by atomic mass is 35.5. The Labute approximate surface area is 107 Å². The van der Waals surface area contributed by atoms with Crippen LogP contribution in [0, 0.1) is 11.2 Å². The van der Waals surface area contributed by atoms with Gasteiger partial charge in [0, 0.05) is 11.1 Å². The fourth-order valence-corrected chi connectivity index (χ4v) is 3.29. The van der Waals surface area contributed by atoms with Crippen molar-refractivity contribution in [2.45, 2.75) is 45.1 Å². The van der Waals surface area contributed by atoms with Gasteiger partial charge in [-0.3, -0.25) is 0 Å². The van der Waals surface area contributed by atoms with Crippen LogP contribution < -0.4 is 5.73 Å². The van der Waals surface area contributed by atoms with E-state index in [4.69, 9.17) is 17.3 Å². The summed E-state index contributed by atoms with van der Waals surface area (Å²) in [6.45, 7) is 4.36. The van der Waals surface area contributed by atoms with Gasteiger partial charge < -0.3 is 5.73 Å². The SMILES string of the molecule is CCC1(CC)CC(N)(c2cccc(Cl)c2F)C1. The standard InChI is InChI=1S/C14H19ClFN/c1-3-13(4-2)8-14(17,9-13)10-6-5-7-11(15)12(10)16/h5-7H,3-4,8-9,17H2,1-2H3. The molecule has 1 saturated carbocycles. The molecule has 2 N–H and O–H groups in total. The summed E-state index contributed by atoms with van der Waals surface area (Å²) in [4.78, 5) is 0. The highest BCUT2D eigenvalue weighted by Gasteiger charge is 2.52. The molecule has 3 heteroatoms. The van der Waals surface area contributed by atoms with Crippen LogP contribution in [0.1, 0.15) is 45.1 Å². The molecular formula is C14H19ClFN. The first kappa shape index (κ1) is 12.8. The maximum Gasteiger partial charge on any atom is 0.146 e. The lowest BCUT2D eigenvalue weighted by Crippen LogP contribution is -2.55. The molecule has 1 fully saturated rings. The predicted molar refractivity (Wildman–Crippen MR) is 69.5 cm³/mol. The zero-order valence-corrected chi connectivity index (χ0v) is 11.1. The Bertz CT molecular complexity index is 418. The van der Waals surface area contributed by atoms with E-state index < -0.39 is 5.54 Å². The van der Waals surface area contributed by atoms with Gasteiger partial charge in [0.1, 0.15) is 5.82 Å². The normalized spacial score (nSPS) is 21.0. The number of benzene rings is 1. The minimum absolute atomic E-state index is 0.165. The van der Waals surface area contributed by atoms with E-state index in [1.165, 1.54) is 0 Å². The molecule has 0 spiro atoms. The molecule has 94 valence electrons. The van der Waals surface area contributed by atoms with E-state index in [1.54, 1.807) is 18.2 Å². The monoisotopic (exact) mass is 255 g/mol. The molecule has 1 aliphatic rings. The van der Waals surface area contributed by atoms with Gasteiger partial charge in [-0.2, -0.15) is 0 Å². The second-order valence-electron chi connectivity index (χ2n) is 5.32. The zero-order valence-electron chi connectivity index (χ0n) is 10.4. The summed E-state index contributed by atoms with van der Waals surface area (Å²) in [5.74, 6) is -0.350. The highest BCUT2D eigenvalue weighted by Crippen LogP contribution is 2.56. The minimum Gasteiger partial charge on any atom is -0.321 e. The quantitative estimate of drug-likeness (QED) is 0.859. The van der Waals surface area contributed by atoms with Gasteiger partial charge in [0.25, 0.3) is 0 Å². The van der Waals surface area contributed by atoms with Gasteiger partial charge in [0.05, 0.1) is 5.02 Å². The maximum atomic E-state index is 14.0. The van der Waals surface area contributed by atoms with E-state index in [9.17, 15) is 4.39 Å². The third kappa shape index (κ3) is 1.98.